The Bertz CT molecular complexity index is 589. The molecule has 0 aliphatic rings. The third-order valence-corrected chi connectivity index (χ3v) is 3.42. The largest absolute Gasteiger partial charge is 0.338 e. The smallest absolute Gasteiger partial charge is 0.319 e. The Kier molecular flexibility index (Phi) is 5.60. The molecule has 0 heterocycles. The predicted molar refractivity (Wildman–Crippen MR) is 86.5 cm³/mol. The lowest BCUT2D eigenvalue weighted by molar-refractivity contribution is 0.251. The van der Waals surface area contributed by atoms with Gasteiger partial charge in [-0.25, -0.2) is 4.79 Å². The van der Waals surface area contributed by atoms with Gasteiger partial charge in [-0.1, -0.05) is 54.1 Å². The lowest BCUT2D eigenvalue weighted by atomic mass is 10.1. The van der Waals surface area contributed by atoms with Gasteiger partial charge in [0.2, 0.25) is 0 Å². The second-order valence-corrected chi connectivity index (χ2v) is 5.07. The SMILES string of the molecule is NC(CCNC(=O)Nc1ccccc1Cl)c1ccccc1. The number of hydrogen-bond donors (Lipinski definition) is 3. The minimum atomic E-state index is -0.289. The van der Waals surface area contributed by atoms with Gasteiger partial charge in [0.25, 0.3) is 0 Å². The van der Waals surface area contributed by atoms with Gasteiger partial charge in [0.05, 0.1) is 10.7 Å². The summed E-state index contributed by atoms with van der Waals surface area (Å²) < 4.78 is 0. The van der Waals surface area contributed by atoms with Crippen LogP contribution in [0.15, 0.2) is 54.6 Å². The van der Waals surface area contributed by atoms with Gasteiger partial charge < -0.3 is 16.4 Å². The summed E-state index contributed by atoms with van der Waals surface area (Å²) in [6, 6.07) is 16.5. The van der Waals surface area contributed by atoms with Crippen molar-refractivity contribution < 1.29 is 4.79 Å². The zero-order chi connectivity index (χ0) is 15.1. The second-order valence-electron chi connectivity index (χ2n) is 4.67. The molecule has 2 aromatic carbocycles. The van der Waals surface area contributed by atoms with Gasteiger partial charge in [-0.15, -0.1) is 0 Å². The number of carbonyl (C=O) groups excluding carboxylic acids is 1. The summed E-state index contributed by atoms with van der Waals surface area (Å²) in [6.45, 7) is 0.492. The molecule has 0 aromatic heterocycles. The van der Waals surface area contributed by atoms with Crippen molar-refractivity contribution in [1.29, 1.82) is 0 Å². The fraction of sp³-hybridized carbons (Fsp3) is 0.188. The highest BCUT2D eigenvalue weighted by Gasteiger charge is 2.07. The zero-order valence-corrected chi connectivity index (χ0v) is 12.3. The van der Waals surface area contributed by atoms with Crippen molar-refractivity contribution >= 4 is 23.3 Å². The highest BCUT2D eigenvalue weighted by atomic mass is 35.5. The number of anilines is 1. The van der Waals surface area contributed by atoms with E-state index in [1.54, 1.807) is 12.1 Å². The van der Waals surface area contributed by atoms with Crippen LogP contribution in [0.3, 0.4) is 0 Å². The highest BCUT2D eigenvalue weighted by Crippen LogP contribution is 2.20. The standard InChI is InChI=1S/C16H18ClN3O/c17-13-8-4-5-9-15(13)20-16(21)19-11-10-14(18)12-6-2-1-3-7-12/h1-9,14H,10-11,18H2,(H2,19,20,21). The van der Waals surface area contributed by atoms with E-state index in [2.05, 4.69) is 10.6 Å². The molecule has 110 valence electrons. The van der Waals surface area contributed by atoms with Crippen LogP contribution in [0.4, 0.5) is 10.5 Å². The van der Waals surface area contributed by atoms with E-state index in [4.69, 9.17) is 17.3 Å². The van der Waals surface area contributed by atoms with E-state index in [-0.39, 0.29) is 12.1 Å². The van der Waals surface area contributed by atoms with Gasteiger partial charge >= 0.3 is 6.03 Å². The summed E-state index contributed by atoms with van der Waals surface area (Å²) in [7, 11) is 0. The van der Waals surface area contributed by atoms with Crippen LogP contribution in [0.1, 0.15) is 18.0 Å². The van der Waals surface area contributed by atoms with Crippen molar-refractivity contribution in [3.63, 3.8) is 0 Å². The number of amides is 2. The molecule has 5 heteroatoms. The molecule has 4 N–H and O–H groups in total. The van der Waals surface area contributed by atoms with Crippen molar-refractivity contribution in [1.82, 2.24) is 5.32 Å². The Balaban J connectivity index is 1.76. The van der Waals surface area contributed by atoms with Crippen molar-refractivity contribution in [2.45, 2.75) is 12.5 Å². The second kappa shape index (κ2) is 7.67. The van der Waals surface area contributed by atoms with E-state index in [9.17, 15) is 4.79 Å². The van der Waals surface area contributed by atoms with E-state index in [0.29, 0.717) is 23.7 Å². The summed E-state index contributed by atoms with van der Waals surface area (Å²) in [5, 5.41) is 5.98. The number of urea groups is 1. The minimum absolute atomic E-state index is 0.0909. The number of hydrogen-bond acceptors (Lipinski definition) is 2. The molecule has 0 saturated carbocycles. The Morgan fingerprint density at radius 2 is 1.76 bits per heavy atom. The van der Waals surface area contributed by atoms with Crippen LogP contribution in [-0.4, -0.2) is 12.6 Å². The van der Waals surface area contributed by atoms with Gasteiger partial charge in [-0.2, -0.15) is 0 Å². The molecule has 0 radical (unpaired) electrons. The molecule has 2 rings (SSSR count). The first-order valence-corrected chi connectivity index (χ1v) is 7.14. The van der Waals surface area contributed by atoms with Crippen LogP contribution in [0.2, 0.25) is 5.02 Å². The molecule has 0 aliphatic carbocycles. The molecule has 0 saturated heterocycles. The van der Waals surface area contributed by atoms with Gasteiger partial charge in [-0.3, -0.25) is 0 Å². The summed E-state index contributed by atoms with van der Waals surface area (Å²) in [5.74, 6) is 0. The molecule has 1 atom stereocenters. The van der Waals surface area contributed by atoms with Gasteiger partial charge in [-0.05, 0) is 24.1 Å². The number of para-hydroxylation sites is 1. The quantitative estimate of drug-likeness (QED) is 0.790. The maximum absolute atomic E-state index is 11.8. The van der Waals surface area contributed by atoms with E-state index >= 15 is 0 Å². The Labute approximate surface area is 129 Å². The normalized spacial score (nSPS) is 11.7. The minimum Gasteiger partial charge on any atom is -0.338 e. The lowest BCUT2D eigenvalue weighted by Gasteiger charge is -2.13. The van der Waals surface area contributed by atoms with Crippen LogP contribution in [-0.2, 0) is 0 Å². The summed E-state index contributed by atoms with van der Waals surface area (Å²) >= 11 is 5.97. The van der Waals surface area contributed by atoms with Crippen LogP contribution in [0.25, 0.3) is 0 Å². The van der Waals surface area contributed by atoms with Gasteiger partial charge in [0, 0.05) is 12.6 Å². The summed E-state index contributed by atoms with van der Waals surface area (Å²) in [6.07, 6.45) is 0.667. The molecule has 2 aromatic rings. The molecule has 0 spiro atoms. The topological polar surface area (TPSA) is 67.1 Å². The highest BCUT2D eigenvalue weighted by molar-refractivity contribution is 6.33. The van der Waals surface area contributed by atoms with Crippen LogP contribution >= 0.6 is 11.6 Å². The molecule has 4 nitrogen and oxygen atoms in total. The number of rotatable bonds is 5. The van der Waals surface area contributed by atoms with Gasteiger partial charge in [0.1, 0.15) is 0 Å². The fourth-order valence-corrected chi connectivity index (χ4v) is 2.12. The Hall–Kier alpha value is -2.04. The molecular formula is C16H18ClN3O. The number of benzene rings is 2. The van der Waals surface area contributed by atoms with Crippen LogP contribution in [0, 0.1) is 0 Å². The first-order valence-electron chi connectivity index (χ1n) is 6.76. The summed E-state index contributed by atoms with van der Waals surface area (Å²) in [5.41, 5.74) is 7.71. The number of carbonyl (C=O) groups is 1. The predicted octanol–water partition coefficient (Wildman–Crippen LogP) is 3.55. The molecule has 2 amide bonds. The van der Waals surface area contributed by atoms with E-state index in [1.807, 2.05) is 42.5 Å². The maximum atomic E-state index is 11.8. The van der Waals surface area contributed by atoms with Crippen molar-refractivity contribution in [3.8, 4) is 0 Å². The van der Waals surface area contributed by atoms with E-state index < -0.39 is 0 Å². The molecule has 0 aliphatic heterocycles. The molecule has 21 heavy (non-hydrogen) atoms. The summed E-state index contributed by atoms with van der Waals surface area (Å²) in [4.78, 5) is 11.8. The average Bonchev–Trinajstić information content (AvgIpc) is 2.50. The van der Waals surface area contributed by atoms with Crippen molar-refractivity contribution in [2.24, 2.45) is 5.73 Å². The first-order chi connectivity index (χ1) is 10.2. The lowest BCUT2D eigenvalue weighted by Crippen LogP contribution is -2.31. The number of nitrogens with two attached hydrogens (primary N) is 1. The van der Waals surface area contributed by atoms with Crippen molar-refractivity contribution in [3.05, 3.63) is 65.2 Å². The molecule has 0 fully saturated rings. The number of nitrogens with one attached hydrogen (secondary N) is 2. The van der Waals surface area contributed by atoms with E-state index in [1.165, 1.54) is 0 Å². The third kappa shape index (κ3) is 4.77. The van der Waals surface area contributed by atoms with Crippen LogP contribution in [0.5, 0.6) is 0 Å². The fourth-order valence-electron chi connectivity index (χ4n) is 1.94. The third-order valence-electron chi connectivity index (χ3n) is 3.09. The Morgan fingerprint density at radius 3 is 2.48 bits per heavy atom. The molecule has 1 unspecified atom stereocenters. The molecule has 0 bridgehead atoms. The van der Waals surface area contributed by atoms with Crippen molar-refractivity contribution in [2.75, 3.05) is 11.9 Å². The average molecular weight is 304 g/mol. The zero-order valence-electron chi connectivity index (χ0n) is 11.6. The monoisotopic (exact) mass is 303 g/mol. The molecular weight excluding hydrogens is 286 g/mol. The Morgan fingerprint density at radius 1 is 1.10 bits per heavy atom. The number of halogens is 1. The van der Waals surface area contributed by atoms with E-state index in [0.717, 1.165) is 5.56 Å². The van der Waals surface area contributed by atoms with Crippen LogP contribution < -0.4 is 16.4 Å². The van der Waals surface area contributed by atoms with Gasteiger partial charge in [0.15, 0.2) is 0 Å². The maximum Gasteiger partial charge on any atom is 0.319 e. The first kappa shape index (κ1) is 15.4.